The molecule has 0 aliphatic carbocycles. The molecule has 0 aliphatic rings. The molecular weight excluding hydrogens is 305 g/mol. The molecule has 2 aromatic carbocycles. The fourth-order valence-electron chi connectivity index (χ4n) is 2.05. The average Bonchev–Trinajstić information content (AvgIpc) is 2.35. The molecule has 0 spiro atoms. The maximum absolute atomic E-state index is 13.4. The second-order valence-corrected chi connectivity index (χ2v) is 7.76. The summed E-state index contributed by atoms with van der Waals surface area (Å²) in [5.41, 5.74) is 0.309. The van der Waals surface area contributed by atoms with E-state index < -0.39 is 21.4 Å². The second-order valence-electron chi connectivity index (χ2n) is 6.08. The van der Waals surface area contributed by atoms with Crippen LogP contribution in [-0.4, -0.2) is 19.1 Å². The lowest BCUT2D eigenvalue weighted by molar-refractivity contribution is 0.469. The van der Waals surface area contributed by atoms with Crippen molar-refractivity contribution in [3.63, 3.8) is 0 Å². The number of halogens is 1. The van der Waals surface area contributed by atoms with Crippen molar-refractivity contribution < 1.29 is 17.9 Å². The van der Waals surface area contributed by atoms with Gasteiger partial charge in [0.2, 0.25) is 10.0 Å². The summed E-state index contributed by atoms with van der Waals surface area (Å²) in [6.07, 6.45) is 0. The van der Waals surface area contributed by atoms with Crippen LogP contribution in [0.15, 0.2) is 47.4 Å². The van der Waals surface area contributed by atoms with E-state index >= 15 is 0 Å². The number of hydrogen-bond donors (Lipinski definition) is 2. The van der Waals surface area contributed by atoms with E-state index in [1.54, 1.807) is 32.9 Å². The van der Waals surface area contributed by atoms with Crippen molar-refractivity contribution in [2.45, 2.75) is 31.2 Å². The normalized spacial score (nSPS) is 12.4. The molecule has 0 bridgehead atoms. The van der Waals surface area contributed by atoms with E-state index in [-0.39, 0.29) is 10.6 Å². The molecule has 0 heterocycles. The second kappa shape index (κ2) is 5.70. The first kappa shape index (κ1) is 16.5. The van der Waals surface area contributed by atoms with Gasteiger partial charge in [0, 0.05) is 11.6 Å². The molecule has 0 atom stereocenters. The van der Waals surface area contributed by atoms with Crippen molar-refractivity contribution >= 4 is 10.0 Å². The molecule has 22 heavy (non-hydrogen) atoms. The minimum absolute atomic E-state index is 0.0867. The molecule has 2 N–H and O–H groups in total. The number of phenolic OH excluding ortho intramolecular Hbond substituents is 1. The smallest absolute Gasteiger partial charge is 0.241 e. The summed E-state index contributed by atoms with van der Waals surface area (Å²) >= 11 is 0. The van der Waals surface area contributed by atoms with E-state index in [1.807, 2.05) is 0 Å². The Kier molecular flexibility index (Phi) is 4.26. The van der Waals surface area contributed by atoms with Crippen LogP contribution in [-0.2, 0) is 10.0 Å². The van der Waals surface area contributed by atoms with Crippen LogP contribution in [0.5, 0.6) is 5.75 Å². The third kappa shape index (κ3) is 4.05. The first-order valence-corrected chi connectivity index (χ1v) is 8.19. The summed E-state index contributed by atoms with van der Waals surface area (Å²) in [7, 11) is -3.67. The largest absolute Gasteiger partial charge is 0.508 e. The number of hydrogen-bond acceptors (Lipinski definition) is 3. The lowest BCUT2D eigenvalue weighted by Crippen LogP contribution is -2.40. The van der Waals surface area contributed by atoms with Gasteiger partial charge in [-0.1, -0.05) is 12.1 Å². The lowest BCUT2D eigenvalue weighted by atomic mass is 10.1. The van der Waals surface area contributed by atoms with Crippen molar-refractivity contribution in [2.75, 3.05) is 0 Å². The van der Waals surface area contributed by atoms with E-state index in [4.69, 9.17) is 0 Å². The van der Waals surface area contributed by atoms with Crippen molar-refractivity contribution in [1.82, 2.24) is 4.72 Å². The van der Waals surface area contributed by atoms with Gasteiger partial charge in [0.15, 0.2) is 0 Å². The molecule has 0 saturated carbocycles. The maximum Gasteiger partial charge on any atom is 0.241 e. The van der Waals surface area contributed by atoms with E-state index in [0.29, 0.717) is 11.1 Å². The van der Waals surface area contributed by atoms with Gasteiger partial charge in [-0.05, 0) is 56.2 Å². The number of aromatic hydroxyl groups is 1. The molecule has 0 radical (unpaired) electrons. The number of benzene rings is 2. The molecular formula is C16H18FNO3S. The topological polar surface area (TPSA) is 66.4 Å². The van der Waals surface area contributed by atoms with Crippen LogP contribution in [0.3, 0.4) is 0 Å². The number of rotatable bonds is 3. The molecule has 0 unspecified atom stereocenters. The van der Waals surface area contributed by atoms with Crippen LogP contribution in [0.4, 0.5) is 4.39 Å². The maximum atomic E-state index is 13.4. The molecule has 2 aromatic rings. The molecule has 6 heteroatoms. The van der Waals surface area contributed by atoms with Gasteiger partial charge in [0.25, 0.3) is 0 Å². The highest BCUT2D eigenvalue weighted by Gasteiger charge is 2.22. The Bertz CT molecular complexity index is 775. The van der Waals surface area contributed by atoms with Crippen molar-refractivity contribution in [3.05, 3.63) is 48.3 Å². The van der Waals surface area contributed by atoms with Gasteiger partial charge in [-0.3, -0.25) is 0 Å². The molecule has 0 aliphatic heterocycles. The van der Waals surface area contributed by atoms with Gasteiger partial charge in [0.05, 0.1) is 4.90 Å². The molecule has 0 fully saturated rings. The Hall–Kier alpha value is -1.92. The first-order chi connectivity index (χ1) is 10.1. The average molecular weight is 323 g/mol. The quantitative estimate of drug-likeness (QED) is 0.911. The predicted molar refractivity (Wildman–Crippen MR) is 83.6 cm³/mol. The Morgan fingerprint density at radius 2 is 1.73 bits per heavy atom. The van der Waals surface area contributed by atoms with Gasteiger partial charge in [0.1, 0.15) is 11.6 Å². The Morgan fingerprint density at radius 3 is 2.32 bits per heavy atom. The molecule has 4 nitrogen and oxygen atoms in total. The van der Waals surface area contributed by atoms with Gasteiger partial charge in [-0.2, -0.15) is 0 Å². The lowest BCUT2D eigenvalue weighted by Gasteiger charge is -2.20. The molecule has 2 rings (SSSR count). The van der Waals surface area contributed by atoms with E-state index in [0.717, 1.165) is 6.07 Å². The fourth-order valence-corrected chi connectivity index (χ4v) is 3.51. The van der Waals surface area contributed by atoms with Crippen LogP contribution >= 0.6 is 0 Å². The monoisotopic (exact) mass is 323 g/mol. The van der Waals surface area contributed by atoms with E-state index in [2.05, 4.69) is 4.72 Å². The van der Waals surface area contributed by atoms with Crippen LogP contribution in [0, 0.1) is 5.82 Å². The zero-order valence-electron chi connectivity index (χ0n) is 12.6. The summed E-state index contributed by atoms with van der Waals surface area (Å²) in [6, 6.07) is 9.76. The number of nitrogens with one attached hydrogen (secondary N) is 1. The minimum Gasteiger partial charge on any atom is -0.508 e. The fraction of sp³-hybridized carbons (Fsp3) is 0.250. The molecule has 118 valence electrons. The molecule has 0 aromatic heterocycles. The van der Waals surface area contributed by atoms with Crippen LogP contribution < -0.4 is 4.72 Å². The number of sulfonamides is 1. The summed E-state index contributed by atoms with van der Waals surface area (Å²) in [6.45, 7) is 5.25. The third-order valence-corrected chi connectivity index (χ3v) is 4.56. The van der Waals surface area contributed by atoms with Crippen molar-refractivity contribution in [1.29, 1.82) is 0 Å². The zero-order chi connectivity index (χ0) is 16.5. The minimum atomic E-state index is -3.67. The summed E-state index contributed by atoms with van der Waals surface area (Å²) in [5.74, 6) is -0.799. The van der Waals surface area contributed by atoms with E-state index in [1.165, 1.54) is 24.3 Å². The van der Waals surface area contributed by atoms with Gasteiger partial charge >= 0.3 is 0 Å². The van der Waals surface area contributed by atoms with Gasteiger partial charge in [-0.15, -0.1) is 0 Å². The first-order valence-electron chi connectivity index (χ1n) is 6.71. The van der Waals surface area contributed by atoms with Crippen LogP contribution in [0.25, 0.3) is 11.1 Å². The SMILES string of the molecule is CC(C)(C)NS(=O)(=O)c1cccc(-c2cc(O)cc(F)c2)c1. The van der Waals surface area contributed by atoms with Crippen molar-refractivity contribution in [3.8, 4) is 16.9 Å². The van der Waals surface area contributed by atoms with E-state index in [9.17, 15) is 17.9 Å². The van der Waals surface area contributed by atoms with Crippen LogP contribution in [0.2, 0.25) is 0 Å². The summed E-state index contributed by atoms with van der Waals surface area (Å²) < 4.78 is 40.6. The standard InChI is InChI=1S/C16H18FNO3S/c1-16(2,3)18-22(20,21)15-6-4-5-11(9-15)12-7-13(17)10-14(19)8-12/h4-10,18-19H,1-3H3. The Labute approximate surface area is 129 Å². The third-order valence-electron chi connectivity index (χ3n) is 2.80. The van der Waals surface area contributed by atoms with Gasteiger partial charge < -0.3 is 5.11 Å². The predicted octanol–water partition coefficient (Wildman–Crippen LogP) is 3.28. The summed E-state index contributed by atoms with van der Waals surface area (Å²) in [4.78, 5) is 0.0867. The highest BCUT2D eigenvalue weighted by atomic mass is 32.2. The van der Waals surface area contributed by atoms with Crippen molar-refractivity contribution in [2.24, 2.45) is 0 Å². The van der Waals surface area contributed by atoms with Crippen LogP contribution in [0.1, 0.15) is 20.8 Å². The van der Waals surface area contributed by atoms with Gasteiger partial charge in [-0.25, -0.2) is 17.5 Å². The highest BCUT2D eigenvalue weighted by Crippen LogP contribution is 2.27. The molecule has 0 saturated heterocycles. The number of phenols is 1. The summed E-state index contributed by atoms with van der Waals surface area (Å²) in [5, 5.41) is 9.47. The highest BCUT2D eigenvalue weighted by molar-refractivity contribution is 7.89. The Morgan fingerprint density at radius 1 is 1.05 bits per heavy atom. The zero-order valence-corrected chi connectivity index (χ0v) is 13.4. The Balaban J connectivity index is 2.47. The molecule has 0 amide bonds.